The molecule has 1 aromatic heterocycles. The van der Waals surface area contributed by atoms with Gasteiger partial charge in [-0.05, 0) is 31.9 Å². The highest BCUT2D eigenvalue weighted by atomic mass is 15.3. The summed E-state index contributed by atoms with van der Waals surface area (Å²) in [6, 6.07) is 2.40. The number of hydrogen-bond acceptors (Lipinski definition) is 6. The van der Waals surface area contributed by atoms with Crippen molar-refractivity contribution in [2.24, 2.45) is 4.99 Å². The van der Waals surface area contributed by atoms with Crippen molar-refractivity contribution in [1.29, 1.82) is 0 Å². The third kappa shape index (κ3) is 6.31. The van der Waals surface area contributed by atoms with E-state index < -0.39 is 0 Å². The molecule has 3 rings (SSSR count). The summed E-state index contributed by atoms with van der Waals surface area (Å²) in [6.45, 7) is 11.9. The number of piperidine rings is 1. The molecule has 156 valence electrons. The van der Waals surface area contributed by atoms with Crippen molar-refractivity contribution in [1.82, 2.24) is 30.4 Å². The van der Waals surface area contributed by atoms with E-state index in [-0.39, 0.29) is 0 Å². The summed E-state index contributed by atoms with van der Waals surface area (Å²) < 4.78 is 0. The molecule has 0 radical (unpaired) electrons. The largest absolute Gasteiger partial charge is 0.355 e. The summed E-state index contributed by atoms with van der Waals surface area (Å²) in [7, 11) is 1.86. The number of aromatic nitrogens is 2. The van der Waals surface area contributed by atoms with E-state index in [0.717, 1.165) is 51.2 Å². The highest BCUT2D eigenvalue weighted by Gasteiger charge is 2.20. The fraction of sp³-hybridized carbons (Fsp3) is 0.750. The Morgan fingerprint density at radius 1 is 1.04 bits per heavy atom. The van der Waals surface area contributed by atoms with Crippen molar-refractivity contribution in [3.8, 4) is 0 Å². The van der Waals surface area contributed by atoms with Crippen molar-refractivity contribution in [3.63, 3.8) is 0 Å². The first-order valence-electron chi connectivity index (χ1n) is 10.7. The van der Waals surface area contributed by atoms with Gasteiger partial charge in [-0.15, -0.1) is 0 Å². The number of nitrogens with zero attached hydrogens (tertiary/aromatic N) is 6. The Balaban J connectivity index is 1.31. The van der Waals surface area contributed by atoms with Crippen LogP contribution in [0.4, 0.5) is 5.95 Å². The van der Waals surface area contributed by atoms with E-state index >= 15 is 0 Å². The van der Waals surface area contributed by atoms with Crippen LogP contribution in [0.25, 0.3) is 0 Å². The van der Waals surface area contributed by atoms with Gasteiger partial charge in [-0.25, -0.2) is 9.97 Å². The molecule has 8 nitrogen and oxygen atoms in total. The zero-order valence-corrected chi connectivity index (χ0v) is 17.5. The second kappa shape index (κ2) is 11.2. The summed E-state index contributed by atoms with van der Waals surface area (Å²) in [6.07, 6.45) is 7.26. The van der Waals surface area contributed by atoms with Crippen LogP contribution in [0.5, 0.6) is 0 Å². The maximum absolute atomic E-state index is 4.41. The topological polar surface area (TPSA) is 71.9 Å². The molecule has 0 spiro atoms. The molecule has 1 aromatic rings. The number of guanidine groups is 1. The summed E-state index contributed by atoms with van der Waals surface area (Å²) in [5.74, 6) is 1.78. The molecule has 2 fully saturated rings. The summed E-state index contributed by atoms with van der Waals surface area (Å²) in [5, 5.41) is 7.09. The monoisotopic (exact) mass is 388 g/mol. The van der Waals surface area contributed by atoms with Gasteiger partial charge in [-0.1, -0.05) is 6.92 Å². The molecule has 3 heterocycles. The van der Waals surface area contributed by atoms with Crippen LogP contribution >= 0.6 is 0 Å². The minimum atomic E-state index is 0.536. The average Bonchev–Trinajstić information content (AvgIpc) is 2.75. The van der Waals surface area contributed by atoms with Crippen LogP contribution in [0.15, 0.2) is 23.5 Å². The molecule has 0 aliphatic carbocycles. The van der Waals surface area contributed by atoms with Crippen molar-refractivity contribution in [2.75, 3.05) is 70.9 Å². The Bertz CT molecular complexity index is 577. The molecule has 2 saturated heterocycles. The number of rotatable bonds is 7. The summed E-state index contributed by atoms with van der Waals surface area (Å²) in [4.78, 5) is 20.4. The van der Waals surface area contributed by atoms with Crippen LogP contribution in [0.1, 0.15) is 26.2 Å². The summed E-state index contributed by atoms with van der Waals surface area (Å²) >= 11 is 0. The lowest BCUT2D eigenvalue weighted by molar-refractivity contribution is 0.206. The Morgan fingerprint density at radius 2 is 1.71 bits per heavy atom. The van der Waals surface area contributed by atoms with Gasteiger partial charge in [0.25, 0.3) is 0 Å². The van der Waals surface area contributed by atoms with E-state index in [2.05, 4.69) is 47.2 Å². The van der Waals surface area contributed by atoms with Crippen LogP contribution in [-0.4, -0.2) is 97.7 Å². The van der Waals surface area contributed by atoms with Gasteiger partial charge in [-0.3, -0.25) is 9.89 Å². The SMILES string of the molecule is CCCN1CCC(NC(=NC)NCCN2CCN(c3ncccn3)CC2)CC1. The highest BCUT2D eigenvalue weighted by Crippen LogP contribution is 2.11. The first kappa shape index (κ1) is 20.8. The quantitative estimate of drug-likeness (QED) is 0.525. The molecule has 0 saturated carbocycles. The fourth-order valence-electron chi connectivity index (χ4n) is 3.96. The maximum Gasteiger partial charge on any atom is 0.225 e. The van der Waals surface area contributed by atoms with E-state index in [9.17, 15) is 0 Å². The van der Waals surface area contributed by atoms with E-state index in [0.29, 0.717) is 6.04 Å². The first-order valence-corrected chi connectivity index (χ1v) is 10.7. The maximum atomic E-state index is 4.41. The van der Waals surface area contributed by atoms with Gasteiger partial charge in [0, 0.05) is 77.8 Å². The van der Waals surface area contributed by atoms with Gasteiger partial charge < -0.3 is 20.4 Å². The van der Waals surface area contributed by atoms with Crippen molar-refractivity contribution in [3.05, 3.63) is 18.5 Å². The van der Waals surface area contributed by atoms with Crippen LogP contribution in [0, 0.1) is 0 Å². The van der Waals surface area contributed by atoms with Gasteiger partial charge >= 0.3 is 0 Å². The molecule has 0 atom stereocenters. The molecule has 2 N–H and O–H groups in total. The van der Waals surface area contributed by atoms with Gasteiger partial charge in [0.05, 0.1) is 0 Å². The Hall–Kier alpha value is -1.93. The first-order chi connectivity index (χ1) is 13.8. The second-order valence-electron chi connectivity index (χ2n) is 7.64. The number of anilines is 1. The molecule has 0 aromatic carbocycles. The van der Waals surface area contributed by atoms with E-state index in [1.165, 1.54) is 38.9 Å². The van der Waals surface area contributed by atoms with Crippen molar-refractivity contribution < 1.29 is 0 Å². The molecule has 2 aliphatic heterocycles. The Labute approximate surface area is 169 Å². The molecule has 2 aliphatic rings. The standard InChI is InChI=1S/C20H36N8/c1-3-10-26-11-5-18(6-12-26)25-19(21-2)22-9-13-27-14-16-28(17-15-27)20-23-7-4-8-24-20/h4,7-8,18H,3,5-6,9-17H2,1-2H3,(H2,21,22,25). The normalized spacial score (nSPS) is 20.4. The second-order valence-corrected chi connectivity index (χ2v) is 7.64. The van der Waals surface area contributed by atoms with Crippen molar-refractivity contribution >= 4 is 11.9 Å². The van der Waals surface area contributed by atoms with E-state index in [4.69, 9.17) is 0 Å². The molecule has 0 bridgehead atoms. The Morgan fingerprint density at radius 3 is 2.36 bits per heavy atom. The molecular formula is C20H36N8. The van der Waals surface area contributed by atoms with Crippen LogP contribution in [-0.2, 0) is 0 Å². The number of piperazine rings is 1. The van der Waals surface area contributed by atoms with E-state index in [1.54, 1.807) is 0 Å². The smallest absolute Gasteiger partial charge is 0.225 e. The summed E-state index contributed by atoms with van der Waals surface area (Å²) in [5.41, 5.74) is 0. The molecule has 8 heteroatoms. The van der Waals surface area contributed by atoms with Gasteiger partial charge in [0.2, 0.25) is 5.95 Å². The third-order valence-corrected chi connectivity index (χ3v) is 5.62. The molecule has 0 unspecified atom stereocenters. The third-order valence-electron chi connectivity index (χ3n) is 5.62. The van der Waals surface area contributed by atoms with Crippen LogP contribution < -0.4 is 15.5 Å². The number of likely N-dealkylation sites (tertiary alicyclic amines) is 1. The molecular weight excluding hydrogens is 352 g/mol. The molecule has 0 amide bonds. The number of hydrogen-bond donors (Lipinski definition) is 2. The van der Waals surface area contributed by atoms with E-state index in [1.807, 2.05) is 25.5 Å². The van der Waals surface area contributed by atoms with Gasteiger partial charge in [0.15, 0.2) is 5.96 Å². The minimum Gasteiger partial charge on any atom is -0.355 e. The van der Waals surface area contributed by atoms with Crippen molar-refractivity contribution in [2.45, 2.75) is 32.2 Å². The highest BCUT2D eigenvalue weighted by molar-refractivity contribution is 5.79. The zero-order valence-electron chi connectivity index (χ0n) is 17.5. The van der Waals surface area contributed by atoms with Crippen LogP contribution in [0.2, 0.25) is 0 Å². The lowest BCUT2D eigenvalue weighted by Gasteiger charge is -2.35. The average molecular weight is 389 g/mol. The zero-order chi connectivity index (χ0) is 19.6. The predicted molar refractivity (Wildman–Crippen MR) is 115 cm³/mol. The van der Waals surface area contributed by atoms with Gasteiger partial charge in [0.1, 0.15) is 0 Å². The van der Waals surface area contributed by atoms with Gasteiger partial charge in [-0.2, -0.15) is 0 Å². The number of nitrogens with one attached hydrogen (secondary N) is 2. The van der Waals surface area contributed by atoms with Crippen LogP contribution in [0.3, 0.4) is 0 Å². The lowest BCUT2D eigenvalue weighted by atomic mass is 10.1. The fourth-order valence-corrected chi connectivity index (χ4v) is 3.96. The Kier molecular flexibility index (Phi) is 8.29. The molecule has 28 heavy (non-hydrogen) atoms. The minimum absolute atomic E-state index is 0.536. The number of aliphatic imine (C=N–C) groups is 1. The predicted octanol–water partition coefficient (Wildman–Crippen LogP) is 0.638. The lowest BCUT2D eigenvalue weighted by Crippen LogP contribution is -2.51.